The van der Waals surface area contributed by atoms with Crippen LogP contribution >= 0.6 is 0 Å². The second kappa shape index (κ2) is 35.5. The van der Waals surface area contributed by atoms with E-state index in [2.05, 4.69) is 5.92 Å². The number of hydroxylamine groups is 2. The summed E-state index contributed by atoms with van der Waals surface area (Å²) >= 11 is 0. The minimum absolute atomic E-state index is 0.0579. The van der Waals surface area contributed by atoms with Gasteiger partial charge in [-0.25, -0.2) is 4.79 Å². The molecule has 1 rings (SSSR count). The van der Waals surface area contributed by atoms with Crippen LogP contribution in [-0.4, -0.2) is 181 Å². The second-order valence-electron chi connectivity index (χ2n) is 9.79. The molecule has 1 saturated heterocycles. The normalized spacial score (nSPS) is 13.0. The highest BCUT2D eigenvalue weighted by molar-refractivity contribution is 6.01. The van der Waals surface area contributed by atoms with Crippen LogP contribution in [0.25, 0.3) is 0 Å². The Balaban J connectivity index is 1.64. The third-order valence-corrected chi connectivity index (χ3v) is 5.93. The number of carbonyl (C=O) groups excluding carboxylic acids is 3. The van der Waals surface area contributed by atoms with E-state index in [4.69, 9.17) is 68.1 Å². The predicted molar refractivity (Wildman–Crippen MR) is 170 cm³/mol. The lowest BCUT2D eigenvalue weighted by Crippen LogP contribution is -2.32. The number of amides is 2. The summed E-state index contributed by atoms with van der Waals surface area (Å²) in [5, 5.41) is 0.517. The number of rotatable bonds is 38. The molecule has 0 aromatic heterocycles. The molecule has 2 amide bonds. The first-order valence-corrected chi connectivity index (χ1v) is 16.6. The molecule has 0 unspecified atom stereocenters. The van der Waals surface area contributed by atoms with Gasteiger partial charge in [0.05, 0.1) is 158 Å². The molecular weight excluding hydrogens is 654 g/mol. The number of ether oxygens (including phenoxy) is 12. The van der Waals surface area contributed by atoms with Gasteiger partial charge < -0.3 is 61.7 Å². The first kappa shape index (κ1) is 44.7. The third kappa shape index (κ3) is 30.3. The molecule has 49 heavy (non-hydrogen) atoms. The molecule has 1 aliphatic rings. The summed E-state index contributed by atoms with van der Waals surface area (Å²) in [6, 6.07) is 0. The van der Waals surface area contributed by atoms with Crippen molar-refractivity contribution in [3.05, 3.63) is 0 Å². The van der Waals surface area contributed by atoms with Crippen molar-refractivity contribution >= 4 is 17.8 Å². The minimum atomic E-state index is -0.700. The van der Waals surface area contributed by atoms with Crippen LogP contribution in [0.15, 0.2) is 0 Å². The van der Waals surface area contributed by atoms with Crippen LogP contribution in [0.2, 0.25) is 0 Å². The molecule has 0 N–H and O–H groups in total. The monoisotopic (exact) mass is 709 g/mol. The van der Waals surface area contributed by atoms with Crippen LogP contribution in [0.1, 0.15) is 19.3 Å². The zero-order valence-electron chi connectivity index (χ0n) is 28.6. The van der Waals surface area contributed by atoms with Crippen LogP contribution in [0.5, 0.6) is 0 Å². The molecule has 0 aliphatic carbocycles. The van der Waals surface area contributed by atoms with E-state index in [1.54, 1.807) is 0 Å². The van der Waals surface area contributed by atoms with Crippen molar-refractivity contribution in [2.45, 2.75) is 19.3 Å². The SMILES string of the molecule is C#CCOCCOCCOCCOCCOCCOCCOCCOCCOCCOCCOCCOCCC(=O)ON1C(=O)CCC1=O. The molecule has 1 fully saturated rings. The van der Waals surface area contributed by atoms with E-state index >= 15 is 0 Å². The molecule has 0 bridgehead atoms. The maximum Gasteiger partial charge on any atom is 0.335 e. The maximum absolute atomic E-state index is 11.6. The fourth-order valence-electron chi connectivity index (χ4n) is 3.51. The Morgan fingerprint density at radius 3 is 0.959 bits per heavy atom. The number of nitrogens with zero attached hydrogens (tertiary/aromatic N) is 1. The number of terminal acetylenes is 1. The van der Waals surface area contributed by atoms with Gasteiger partial charge >= 0.3 is 5.97 Å². The fourth-order valence-corrected chi connectivity index (χ4v) is 3.51. The summed E-state index contributed by atoms with van der Waals surface area (Å²) in [5.74, 6) is 0.667. The third-order valence-electron chi connectivity index (χ3n) is 5.93. The van der Waals surface area contributed by atoms with Crippen molar-refractivity contribution in [2.75, 3.05) is 159 Å². The van der Waals surface area contributed by atoms with Crippen molar-refractivity contribution in [3.63, 3.8) is 0 Å². The van der Waals surface area contributed by atoms with Crippen molar-refractivity contribution in [1.82, 2.24) is 5.06 Å². The molecule has 17 nitrogen and oxygen atoms in total. The summed E-state index contributed by atoms with van der Waals surface area (Å²) in [5.41, 5.74) is 0. The summed E-state index contributed by atoms with van der Waals surface area (Å²) in [6.07, 6.45) is 5.12. The predicted octanol–water partition coefficient (Wildman–Crippen LogP) is -0.184. The van der Waals surface area contributed by atoms with Gasteiger partial charge in [0, 0.05) is 12.8 Å². The Morgan fingerprint density at radius 1 is 0.449 bits per heavy atom. The molecule has 0 atom stereocenters. The molecule has 284 valence electrons. The van der Waals surface area contributed by atoms with E-state index in [-0.39, 0.29) is 32.5 Å². The van der Waals surface area contributed by atoms with Gasteiger partial charge in [-0.1, -0.05) is 5.92 Å². The largest absolute Gasteiger partial charge is 0.378 e. The van der Waals surface area contributed by atoms with Crippen molar-refractivity contribution in [3.8, 4) is 12.3 Å². The zero-order chi connectivity index (χ0) is 35.3. The number of carbonyl (C=O) groups is 3. The first-order valence-electron chi connectivity index (χ1n) is 16.6. The summed E-state index contributed by atoms with van der Waals surface area (Å²) < 4.78 is 64.6. The Bertz CT molecular complexity index is 826. The molecule has 0 aromatic carbocycles. The van der Waals surface area contributed by atoms with Crippen LogP contribution in [0, 0.1) is 12.3 Å². The van der Waals surface area contributed by atoms with Gasteiger partial charge in [0.1, 0.15) is 6.61 Å². The molecule has 0 aromatic rings. The zero-order valence-corrected chi connectivity index (χ0v) is 28.6. The maximum atomic E-state index is 11.6. The fraction of sp³-hybridized carbons (Fsp3) is 0.844. The van der Waals surface area contributed by atoms with Crippen LogP contribution in [0.3, 0.4) is 0 Å². The van der Waals surface area contributed by atoms with Gasteiger partial charge in [0.2, 0.25) is 0 Å². The van der Waals surface area contributed by atoms with Gasteiger partial charge in [-0.3, -0.25) is 9.59 Å². The lowest BCUT2D eigenvalue weighted by atomic mass is 10.4. The van der Waals surface area contributed by atoms with Crippen molar-refractivity contribution in [1.29, 1.82) is 0 Å². The highest BCUT2D eigenvalue weighted by Gasteiger charge is 2.32. The van der Waals surface area contributed by atoms with E-state index in [1.165, 1.54) is 0 Å². The average Bonchev–Trinajstić information content (AvgIpc) is 3.41. The standard InChI is InChI=1S/C32H55NO16/c1-2-6-37-8-10-39-12-14-41-16-18-43-20-22-45-24-26-47-28-29-48-27-25-46-23-21-44-19-17-42-15-13-40-11-9-38-7-5-32(36)49-33-30(34)3-4-31(33)35/h1H,3-29H2. The van der Waals surface area contributed by atoms with Crippen LogP contribution in [-0.2, 0) is 76.1 Å². The number of imide groups is 1. The van der Waals surface area contributed by atoms with Crippen LogP contribution < -0.4 is 0 Å². The van der Waals surface area contributed by atoms with E-state index in [1.807, 2.05) is 0 Å². The van der Waals surface area contributed by atoms with E-state index in [0.29, 0.717) is 150 Å². The molecule has 0 radical (unpaired) electrons. The highest BCUT2D eigenvalue weighted by Crippen LogP contribution is 2.12. The topological polar surface area (TPSA) is 174 Å². The lowest BCUT2D eigenvalue weighted by molar-refractivity contribution is -0.198. The summed E-state index contributed by atoms with van der Waals surface area (Å²) in [7, 11) is 0. The van der Waals surface area contributed by atoms with Gasteiger partial charge in [0.15, 0.2) is 0 Å². The summed E-state index contributed by atoms with van der Waals surface area (Å²) in [4.78, 5) is 39.2. The summed E-state index contributed by atoms with van der Waals surface area (Å²) in [6.45, 7) is 10.4. The molecule has 1 heterocycles. The Kier molecular flexibility index (Phi) is 32.4. The molecule has 1 aliphatic heterocycles. The Labute approximate surface area is 289 Å². The van der Waals surface area contributed by atoms with Crippen molar-refractivity contribution < 1.29 is 76.1 Å². The smallest absolute Gasteiger partial charge is 0.335 e. The number of hydrogen-bond donors (Lipinski definition) is 0. The Morgan fingerprint density at radius 2 is 0.694 bits per heavy atom. The second-order valence-corrected chi connectivity index (χ2v) is 9.79. The highest BCUT2D eigenvalue weighted by atomic mass is 16.7. The van der Waals surface area contributed by atoms with E-state index in [0.717, 1.165) is 0 Å². The van der Waals surface area contributed by atoms with Gasteiger partial charge in [-0.15, -0.1) is 11.5 Å². The van der Waals surface area contributed by atoms with Gasteiger partial charge in [-0.05, 0) is 0 Å². The van der Waals surface area contributed by atoms with Crippen LogP contribution in [0.4, 0.5) is 0 Å². The first-order chi connectivity index (χ1) is 24.1. The van der Waals surface area contributed by atoms with Gasteiger partial charge in [0.25, 0.3) is 11.8 Å². The molecule has 0 spiro atoms. The quantitative estimate of drug-likeness (QED) is 0.0469. The van der Waals surface area contributed by atoms with Crippen molar-refractivity contribution in [2.24, 2.45) is 0 Å². The molecule has 17 heteroatoms. The minimum Gasteiger partial charge on any atom is -0.378 e. The van der Waals surface area contributed by atoms with E-state index in [9.17, 15) is 14.4 Å². The van der Waals surface area contributed by atoms with E-state index < -0.39 is 17.8 Å². The molecule has 0 saturated carbocycles. The molecular formula is C32H55NO16. The van der Waals surface area contributed by atoms with Gasteiger partial charge in [-0.2, -0.15) is 0 Å². The lowest BCUT2D eigenvalue weighted by Gasteiger charge is -2.12. The Hall–Kier alpha value is -2.31. The number of hydrogen-bond acceptors (Lipinski definition) is 16. The average molecular weight is 710 g/mol.